The number of halogens is 3. The standard InChI is InChI=1S/C19H18F3NO3S/c1-27-16-4-2-3-15(11-16)23-17(24)9-13(10-18(25)26)12-5-7-14(8-6-12)19(20,21)22/h2-8,11,13H,9-10H2,1H3,(H,23,24)(H,25,26). The number of nitrogens with one attached hydrogen (secondary N) is 1. The van der Waals surface area contributed by atoms with Gasteiger partial charge in [-0.05, 0) is 42.2 Å². The molecule has 1 unspecified atom stereocenters. The smallest absolute Gasteiger partial charge is 0.416 e. The molecule has 0 bridgehead atoms. The molecule has 0 saturated carbocycles. The molecule has 0 saturated heterocycles. The SMILES string of the molecule is CSc1cccc(NC(=O)CC(CC(=O)O)c2ccc(C(F)(F)F)cc2)c1. The quantitative estimate of drug-likeness (QED) is 0.644. The van der Waals surface area contributed by atoms with Crippen molar-refractivity contribution < 1.29 is 27.9 Å². The normalized spacial score (nSPS) is 12.4. The third-order valence-electron chi connectivity index (χ3n) is 3.92. The molecule has 0 aliphatic heterocycles. The number of thioether (sulfide) groups is 1. The van der Waals surface area contributed by atoms with Gasteiger partial charge in [0, 0.05) is 22.9 Å². The Morgan fingerprint density at radius 3 is 2.33 bits per heavy atom. The van der Waals surface area contributed by atoms with Crippen molar-refractivity contribution in [2.24, 2.45) is 0 Å². The van der Waals surface area contributed by atoms with Gasteiger partial charge < -0.3 is 10.4 Å². The molecular formula is C19H18F3NO3S. The first-order chi connectivity index (χ1) is 12.7. The fraction of sp³-hybridized carbons (Fsp3) is 0.263. The molecule has 1 amide bonds. The van der Waals surface area contributed by atoms with Gasteiger partial charge in [-0.25, -0.2) is 0 Å². The highest BCUT2D eigenvalue weighted by Gasteiger charge is 2.30. The minimum atomic E-state index is -4.47. The number of benzene rings is 2. The van der Waals surface area contributed by atoms with Crippen LogP contribution in [0.2, 0.25) is 0 Å². The Morgan fingerprint density at radius 2 is 1.78 bits per heavy atom. The number of hydrogen-bond acceptors (Lipinski definition) is 3. The topological polar surface area (TPSA) is 66.4 Å². The van der Waals surface area contributed by atoms with E-state index in [2.05, 4.69) is 5.32 Å². The van der Waals surface area contributed by atoms with Gasteiger partial charge in [-0.15, -0.1) is 11.8 Å². The van der Waals surface area contributed by atoms with Crippen LogP contribution in [0.1, 0.15) is 29.9 Å². The summed E-state index contributed by atoms with van der Waals surface area (Å²) in [6.07, 6.45) is -3.08. The molecule has 0 aliphatic rings. The van der Waals surface area contributed by atoms with Crippen molar-refractivity contribution in [3.63, 3.8) is 0 Å². The van der Waals surface area contributed by atoms with E-state index in [1.807, 2.05) is 12.3 Å². The maximum absolute atomic E-state index is 12.7. The summed E-state index contributed by atoms with van der Waals surface area (Å²) in [6.45, 7) is 0. The number of carboxylic acid groups (broad SMARTS) is 1. The molecule has 8 heteroatoms. The van der Waals surface area contributed by atoms with E-state index in [0.29, 0.717) is 11.3 Å². The van der Waals surface area contributed by atoms with Crippen molar-refractivity contribution in [3.8, 4) is 0 Å². The van der Waals surface area contributed by atoms with Gasteiger partial charge in [0.1, 0.15) is 0 Å². The third-order valence-corrected chi connectivity index (χ3v) is 4.64. The number of anilines is 1. The molecule has 2 N–H and O–H groups in total. The summed E-state index contributed by atoms with van der Waals surface area (Å²) >= 11 is 1.51. The van der Waals surface area contributed by atoms with Crippen LogP contribution in [0.5, 0.6) is 0 Å². The predicted octanol–water partition coefficient (Wildman–Crippen LogP) is 5.01. The van der Waals surface area contributed by atoms with Crippen LogP contribution < -0.4 is 5.32 Å². The van der Waals surface area contributed by atoms with Crippen LogP contribution in [0.15, 0.2) is 53.4 Å². The van der Waals surface area contributed by atoms with E-state index in [0.717, 1.165) is 17.0 Å². The zero-order chi connectivity index (χ0) is 20.0. The first-order valence-corrected chi connectivity index (χ1v) is 9.24. The van der Waals surface area contributed by atoms with Gasteiger partial charge in [0.25, 0.3) is 0 Å². The Labute approximate surface area is 158 Å². The predicted molar refractivity (Wildman–Crippen MR) is 97.9 cm³/mol. The highest BCUT2D eigenvalue weighted by Crippen LogP contribution is 2.32. The minimum Gasteiger partial charge on any atom is -0.481 e. The Hall–Kier alpha value is -2.48. The Balaban J connectivity index is 2.13. The molecule has 0 radical (unpaired) electrons. The van der Waals surface area contributed by atoms with Crippen molar-refractivity contribution >= 4 is 29.3 Å². The molecule has 144 valence electrons. The maximum Gasteiger partial charge on any atom is 0.416 e. The van der Waals surface area contributed by atoms with E-state index in [1.165, 1.54) is 23.9 Å². The molecule has 2 aromatic rings. The average Bonchev–Trinajstić information content (AvgIpc) is 2.60. The molecule has 27 heavy (non-hydrogen) atoms. The van der Waals surface area contributed by atoms with Crippen molar-refractivity contribution in [2.75, 3.05) is 11.6 Å². The van der Waals surface area contributed by atoms with Gasteiger partial charge in [0.05, 0.1) is 12.0 Å². The second kappa shape index (κ2) is 8.94. The lowest BCUT2D eigenvalue weighted by molar-refractivity contribution is -0.138. The summed E-state index contributed by atoms with van der Waals surface area (Å²) in [7, 11) is 0. The largest absolute Gasteiger partial charge is 0.481 e. The van der Waals surface area contributed by atoms with E-state index in [1.54, 1.807) is 18.2 Å². The molecular weight excluding hydrogens is 379 g/mol. The number of carbonyl (C=O) groups is 2. The van der Waals surface area contributed by atoms with Crippen LogP contribution in [0.25, 0.3) is 0 Å². The van der Waals surface area contributed by atoms with E-state index in [4.69, 9.17) is 5.11 Å². The maximum atomic E-state index is 12.7. The molecule has 0 heterocycles. The summed E-state index contributed by atoms with van der Waals surface area (Å²) in [4.78, 5) is 24.4. The van der Waals surface area contributed by atoms with Crippen LogP contribution in [-0.4, -0.2) is 23.2 Å². The lowest BCUT2D eigenvalue weighted by Crippen LogP contribution is -2.18. The van der Waals surface area contributed by atoms with Crippen LogP contribution in [0, 0.1) is 0 Å². The number of amides is 1. The molecule has 0 aromatic heterocycles. The van der Waals surface area contributed by atoms with Crippen molar-refractivity contribution in [1.29, 1.82) is 0 Å². The van der Waals surface area contributed by atoms with Gasteiger partial charge in [-0.2, -0.15) is 13.2 Å². The van der Waals surface area contributed by atoms with Crippen LogP contribution in [-0.2, 0) is 15.8 Å². The van der Waals surface area contributed by atoms with Crippen LogP contribution >= 0.6 is 11.8 Å². The zero-order valence-corrected chi connectivity index (χ0v) is 15.2. The summed E-state index contributed by atoms with van der Waals surface area (Å²) in [5.41, 5.74) is 0.130. The van der Waals surface area contributed by atoms with Gasteiger partial charge in [0.2, 0.25) is 5.91 Å². The minimum absolute atomic E-state index is 0.152. The third kappa shape index (κ3) is 6.32. The summed E-state index contributed by atoms with van der Waals surface area (Å²) < 4.78 is 38.1. The molecule has 0 fully saturated rings. The number of aliphatic carboxylic acids is 1. The van der Waals surface area contributed by atoms with E-state index in [9.17, 15) is 22.8 Å². The average molecular weight is 397 g/mol. The first kappa shape index (κ1) is 20.8. The number of rotatable bonds is 7. The monoisotopic (exact) mass is 397 g/mol. The number of carbonyl (C=O) groups excluding carboxylic acids is 1. The van der Waals surface area contributed by atoms with Gasteiger partial charge >= 0.3 is 12.1 Å². The zero-order valence-electron chi connectivity index (χ0n) is 14.4. The summed E-state index contributed by atoms with van der Waals surface area (Å²) in [5, 5.41) is 11.8. The van der Waals surface area contributed by atoms with Crippen molar-refractivity contribution in [1.82, 2.24) is 0 Å². The highest BCUT2D eigenvalue weighted by atomic mass is 32.2. The van der Waals surface area contributed by atoms with Crippen molar-refractivity contribution in [2.45, 2.75) is 29.8 Å². The van der Waals surface area contributed by atoms with Gasteiger partial charge in [0.15, 0.2) is 0 Å². The number of alkyl halides is 3. The second-order valence-corrected chi connectivity index (χ2v) is 6.78. The second-order valence-electron chi connectivity index (χ2n) is 5.90. The van der Waals surface area contributed by atoms with Gasteiger partial charge in [-0.1, -0.05) is 18.2 Å². The van der Waals surface area contributed by atoms with E-state index >= 15 is 0 Å². The Morgan fingerprint density at radius 1 is 1.11 bits per heavy atom. The number of carboxylic acids is 1. The summed E-state index contributed by atoms with van der Waals surface area (Å²) in [6, 6.07) is 11.4. The van der Waals surface area contributed by atoms with E-state index < -0.39 is 29.5 Å². The van der Waals surface area contributed by atoms with Gasteiger partial charge in [-0.3, -0.25) is 9.59 Å². The molecule has 0 aliphatic carbocycles. The van der Waals surface area contributed by atoms with Crippen LogP contribution in [0.4, 0.5) is 18.9 Å². The Kier molecular flexibility index (Phi) is 6.90. The summed E-state index contributed by atoms with van der Waals surface area (Å²) in [5.74, 6) is -2.26. The Bertz CT molecular complexity index is 807. The highest BCUT2D eigenvalue weighted by molar-refractivity contribution is 7.98. The first-order valence-electron chi connectivity index (χ1n) is 8.02. The lowest BCUT2D eigenvalue weighted by atomic mass is 9.91. The molecule has 1 atom stereocenters. The van der Waals surface area contributed by atoms with Crippen LogP contribution in [0.3, 0.4) is 0 Å². The lowest BCUT2D eigenvalue weighted by Gasteiger charge is -2.16. The fourth-order valence-corrected chi connectivity index (χ4v) is 3.06. The van der Waals surface area contributed by atoms with E-state index in [-0.39, 0.29) is 12.8 Å². The number of hydrogen-bond donors (Lipinski definition) is 2. The molecule has 0 spiro atoms. The molecule has 4 nitrogen and oxygen atoms in total. The fourth-order valence-electron chi connectivity index (χ4n) is 2.60. The molecule has 2 rings (SSSR count). The molecule has 2 aromatic carbocycles. The van der Waals surface area contributed by atoms with Crippen molar-refractivity contribution in [3.05, 3.63) is 59.7 Å².